The molecule has 0 radical (unpaired) electrons. The zero-order chi connectivity index (χ0) is 14.3. The van der Waals surface area contributed by atoms with Crippen LogP contribution in [0.5, 0.6) is 0 Å². The Morgan fingerprint density at radius 2 is 1.84 bits per heavy atom. The summed E-state index contributed by atoms with van der Waals surface area (Å²) in [6, 6.07) is 0. The van der Waals surface area contributed by atoms with Crippen molar-refractivity contribution >= 4 is 5.97 Å². The molecule has 0 N–H and O–H groups in total. The van der Waals surface area contributed by atoms with Crippen molar-refractivity contribution in [2.24, 2.45) is 0 Å². The molecule has 0 atom stereocenters. The van der Waals surface area contributed by atoms with Crippen LogP contribution < -0.4 is 0 Å². The van der Waals surface area contributed by atoms with E-state index in [1.807, 2.05) is 0 Å². The second-order valence-corrected chi connectivity index (χ2v) is 4.19. The first-order valence-corrected chi connectivity index (χ1v) is 6.56. The molecule has 106 valence electrons. The average Bonchev–Trinajstić information content (AvgIpc) is 2.38. The highest BCUT2D eigenvalue weighted by Gasteiger charge is 2.00. The molecule has 0 spiro atoms. The van der Waals surface area contributed by atoms with E-state index in [1.165, 1.54) is 0 Å². The number of ether oxygens (including phenoxy) is 1. The Morgan fingerprint density at radius 3 is 2.47 bits per heavy atom. The summed E-state index contributed by atoms with van der Waals surface area (Å²) in [6.45, 7) is 0.0521. The van der Waals surface area contributed by atoms with Crippen molar-refractivity contribution in [1.82, 2.24) is 0 Å². The molecule has 0 amide bonds. The van der Waals surface area contributed by atoms with Crippen molar-refractivity contribution in [3.63, 3.8) is 0 Å². The van der Waals surface area contributed by atoms with E-state index in [-0.39, 0.29) is 12.6 Å². The Labute approximate surface area is 114 Å². The zero-order valence-corrected chi connectivity index (χ0v) is 11.2. The summed E-state index contributed by atoms with van der Waals surface area (Å²) in [5.41, 5.74) is 0. The summed E-state index contributed by atoms with van der Waals surface area (Å²) in [6.07, 6.45) is 14.7. The van der Waals surface area contributed by atoms with Crippen molar-refractivity contribution in [2.75, 3.05) is 6.61 Å². The van der Waals surface area contributed by atoms with E-state index in [0.717, 1.165) is 51.1 Å². The number of nitrogens with zero attached hydrogens (tertiary/aromatic N) is 1. The van der Waals surface area contributed by atoms with E-state index in [2.05, 4.69) is 5.92 Å². The second-order valence-electron chi connectivity index (χ2n) is 4.19. The molecule has 0 rings (SSSR count). The minimum absolute atomic E-state index is 0.0521. The minimum atomic E-state index is -0.445. The first-order chi connectivity index (χ1) is 9.16. The number of unbranched alkanes of at least 4 members (excludes halogenated alkanes) is 6. The third-order valence-electron chi connectivity index (χ3n) is 2.55. The summed E-state index contributed by atoms with van der Waals surface area (Å²) in [5, 5.41) is 10.00. The molecule has 5 heteroatoms. The summed E-state index contributed by atoms with van der Waals surface area (Å²) in [4.78, 5) is 20.6. The van der Waals surface area contributed by atoms with E-state index in [4.69, 9.17) is 11.2 Å². The number of hydrogen-bond acceptors (Lipinski definition) is 4. The number of rotatable bonds is 11. The van der Waals surface area contributed by atoms with Crippen LogP contribution in [0, 0.1) is 22.5 Å². The Bertz CT molecular complexity index is 331. The van der Waals surface area contributed by atoms with Crippen molar-refractivity contribution < 1.29 is 14.5 Å². The number of hydrogen-bond donors (Lipinski definition) is 0. The summed E-state index contributed by atoms with van der Waals surface area (Å²) >= 11 is 0. The van der Waals surface area contributed by atoms with Gasteiger partial charge in [-0.3, -0.25) is 14.9 Å². The Balaban J connectivity index is 3.21. The summed E-state index contributed by atoms with van der Waals surface area (Å²) in [5.74, 6) is 2.02. The molecule has 0 bridgehead atoms. The lowest BCUT2D eigenvalue weighted by atomic mass is 10.1. The molecule has 0 aliphatic rings. The van der Waals surface area contributed by atoms with Crippen molar-refractivity contribution in [3.8, 4) is 12.3 Å². The van der Waals surface area contributed by atoms with Gasteiger partial charge in [-0.1, -0.05) is 31.6 Å². The third-order valence-corrected chi connectivity index (χ3v) is 2.55. The number of esters is 1. The molecule has 0 heterocycles. The van der Waals surface area contributed by atoms with E-state index >= 15 is 0 Å². The third kappa shape index (κ3) is 14.1. The fraction of sp³-hybridized carbons (Fsp3) is 0.643. The van der Waals surface area contributed by atoms with Crippen LogP contribution in [-0.4, -0.2) is 17.5 Å². The maximum atomic E-state index is 11.1. The van der Waals surface area contributed by atoms with Crippen LogP contribution in [0.25, 0.3) is 0 Å². The van der Waals surface area contributed by atoms with Crippen molar-refractivity contribution in [2.45, 2.75) is 51.4 Å². The molecule has 0 aromatic carbocycles. The van der Waals surface area contributed by atoms with Crippen LogP contribution in [0.4, 0.5) is 0 Å². The smallest absolute Gasteiger partial charge is 0.306 e. The van der Waals surface area contributed by atoms with Gasteiger partial charge in [0, 0.05) is 6.42 Å². The molecule has 5 nitrogen and oxygen atoms in total. The highest BCUT2D eigenvalue weighted by molar-refractivity contribution is 5.69. The average molecular weight is 267 g/mol. The topological polar surface area (TPSA) is 69.4 Å². The normalized spacial score (nSPS) is 10.3. The number of allylic oxidation sites excluding steroid dienone is 1. The van der Waals surface area contributed by atoms with Crippen molar-refractivity contribution in [3.05, 3.63) is 22.4 Å². The predicted molar refractivity (Wildman–Crippen MR) is 72.9 cm³/mol. The summed E-state index contributed by atoms with van der Waals surface area (Å²) in [7, 11) is 0. The lowest BCUT2D eigenvalue weighted by molar-refractivity contribution is -0.402. The van der Waals surface area contributed by atoms with Crippen LogP contribution in [-0.2, 0) is 9.53 Å². The van der Waals surface area contributed by atoms with Gasteiger partial charge >= 0.3 is 5.97 Å². The predicted octanol–water partition coefficient (Wildman–Crippen LogP) is 3.07. The van der Waals surface area contributed by atoms with Gasteiger partial charge in [0.2, 0.25) is 6.20 Å². The lowest BCUT2D eigenvalue weighted by Crippen LogP contribution is -2.03. The molecule has 0 saturated carbocycles. The van der Waals surface area contributed by atoms with E-state index < -0.39 is 4.92 Å². The van der Waals surface area contributed by atoms with E-state index in [1.54, 1.807) is 6.08 Å². The minimum Gasteiger partial charge on any atom is -0.452 e. The molecule has 0 aromatic heterocycles. The molecule has 0 aliphatic carbocycles. The van der Waals surface area contributed by atoms with Crippen LogP contribution in [0.3, 0.4) is 0 Å². The molecular weight excluding hydrogens is 246 g/mol. The van der Waals surface area contributed by atoms with Gasteiger partial charge in [-0.15, -0.1) is 6.42 Å². The van der Waals surface area contributed by atoms with Gasteiger partial charge < -0.3 is 4.74 Å². The Hall–Kier alpha value is -1.83. The molecule has 0 aliphatic heterocycles. The highest BCUT2D eigenvalue weighted by Crippen LogP contribution is 2.09. The van der Waals surface area contributed by atoms with Crippen LogP contribution in [0.2, 0.25) is 0 Å². The molecular formula is C14H21NO4. The number of carbonyl (C=O) groups excluding carboxylic acids is 1. The quantitative estimate of drug-likeness (QED) is 0.190. The first-order valence-electron chi connectivity index (χ1n) is 6.56. The molecule has 19 heavy (non-hydrogen) atoms. The maximum Gasteiger partial charge on any atom is 0.306 e. The van der Waals surface area contributed by atoms with E-state index in [9.17, 15) is 14.9 Å². The summed E-state index contributed by atoms with van der Waals surface area (Å²) < 4.78 is 4.74. The standard InChI is InChI=1S/C14H21NO4/c1-2-13-19-14(16)11-9-7-5-3-4-6-8-10-12-15(17)18/h1,10,12H,3-9,11,13H2/b12-10+. The Morgan fingerprint density at radius 1 is 1.21 bits per heavy atom. The number of carbonyl (C=O) groups is 1. The van der Waals surface area contributed by atoms with Crippen molar-refractivity contribution in [1.29, 1.82) is 0 Å². The van der Waals surface area contributed by atoms with Gasteiger partial charge in [0.15, 0.2) is 6.61 Å². The lowest BCUT2D eigenvalue weighted by Gasteiger charge is -2.01. The molecule has 0 saturated heterocycles. The van der Waals surface area contributed by atoms with Crippen LogP contribution >= 0.6 is 0 Å². The number of nitro groups is 1. The van der Waals surface area contributed by atoms with E-state index in [0.29, 0.717) is 6.42 Å². The second kappa shape index (κ2) is 12.6. The van der Waals surface area contributed by atoms with Crippen LogP contribution in [0.15, 0.2) is 12.3 Å². The monoisotopic (exact) mass is 267 g/mol. The zero-order valence-electron chi connectivity index (χ0n) is 11.2. The highest BCUT2D eigenvalue weighted by atomic mass is 16.6. The molecule has 0 fully saturated rings. The fourth-order valence-electron chi connectivity index (χ4n) is 1.59. The fourth-order valence-corrected chi connectivity index (χ4v) is 1.59. The SMILES string of the molecule is C#CCOC(=O)CCCCCCCC/C=C/[N+](=O)[O-]. The first kappa shape index (κ1) is 17.2. The van der Waals surface area contributed by atoms with Gasteiger partial charge in [-0.05, 0) is 25.3 Å². The van der Waals surface area contributed by atoms with Crippen LogP contribution in [0.1, 0.15) is 51.4 Å². The van der Waals surface area contributed by atoms with Gasteiger partial charge in [-0.25, -0.2) is 0 Å². The van der Waals surface area contributed by atoms with Gasteiger partial charge in [0.25, 0.3) is 0 Å². The maximum absolute atomic E-state index is 11.1. The largest absolute Gasteiger partial charge is 0.452 e. The van der Waals surface area contributed by atoms with Gasteiger partial charge in [0.05, 0.1) is 4.92 Å². The molecule has 0 aromatic rings. The molecule has 0 unspecified atom stereocenters. The number of terminal acetylenes is 1. The Kier molecular flexibility index (Phi) is 11.4. The van der Waals surface area contributed by atoms with Gasteiger partial charge in [-0.2, -0.15) is 0 Å². The van der Waals surface area contributed by atoms with Gasteiger partial charge in [0.1, 0.15) is 0 Å².